The van der Waals surface area contributed by atoms with Gasteiger partial charge >= 0.3 is 5.97 Å². The first-order chi connectivity index (χ1) is 17.2. The van der Waals surface area contributed by atoms with E-state index in [2.05, 4.69) is 13.2 Å². The summed E-state index contributed by atoms with van der Waals surface area (Å²) in [6, 6.07) is 5.56. The highest BCUT2D eigenvalue weighted by Gasteiger charge is 2.75. The highest BCUT2D eigenvalue weighted by atomic mass is 35.5. The molecule has 3 saturated heterocycles. The number of rotatable bonds is 10. The Morgan fingerprint density at radius 3 is 2.58 bits per heavy atom. The van der Waals surface area contributed by atoms with Crippen LogP contribution >= 0.6 is 23.4 Å². The van der Waals surface area contributed by atoms with Gasteiger partial charge in [-0.2, -0.15) is 0 Å². The molecule has 36 heavy (non-hydrogen) atoms. The summed E-state index contributed by atoms with van der Waals surface area (Å²) in [6.07, 6.45) is 4.50. The third kappa shape index (κ3) is 4.27. The van der Waals surface area contributed by atoms with Gasteiger partial charge in [-0.05, 0) is 43.0 Å². The van der Waals surface area contributed by atoms with Crippen LogP contribution in [0.25, 0.3) is 0 Å². The van der Waals surface area contributed by atoms with Crippen molar-refractivity contribution in [1.82, 2.24) is 4.90 Å². The summed E-state index contributed by atoms with van der Waals surface area (Å²) in [7, 11) is 0. The summed E-state index contributed by atoms with van der Waals surface area (Å²) in [5.74, 6) is -2.35. The molecule has 2 bridgehead atoms. The van der Waals surface area contributed by atoms with Crippen molar-refractivity contribution in [3.63, 3.8) is 0 Å². The fourth-order valence-corrected chi connectivity index (χ4v) is 8.39. The SMILES string of the molecule is C=CCOC(=O)[C@@H]1[C@H]2C(=O)N([C@@H](CO)C(C)C)C(C(=O)N(CC=C)c3ccc(Cl)cc3)C23CC[C@H]1S3. The number of amides is 2. The Morgan fingerprint density at radius 1 is 1.31 bits per heavy atom. The van der Waals surface area contributed by atoms with Crippen LogP contribution < -0.4 is 4.90 Å². The number of carbonyl (C=O) groups is 3. The van der Waals surface area contributed by atoms with Gasteiger partial charge in [0.25, 0.3) is 5.91 Å². The molecule has 3 aliphatic rings. The first-order valence-electron chi connectivity index (χ1n) is 12.3. The van der Waals surface area contributed by atoms with Crippen molar-refractivity contribution in [2.24, 2.45) is 17.8 Å². The molecule has 2 amide bonds. The van der Waals surface area contributed by atoms with Gasteiger partial charge in [0, 0.05) is 22.5 Å². The second-order valence-electron chi connectivity index (χ2n) is 9.93. The third-order valence-electron chi connectivity index (χ3n) is 7.62. The zero-order valence-corrected chi connectivity index (χ0v) is 22.2. The number of likely N-dealkylation sites (tertiary alicyclic amines) is 1. The smallest absolute Gasteiger partial charge is 0.311 e. The number of anilines is 1. The minimum Gasteiger partial charge on any atom is -0.461 e. The standard InChI is InChI=1S/C27H33ClN2O5S/c1-5-13-29(18-9-7-17(28)8-10-18)25(33)23-27-12-11-20(36-27)21(26(34)35-14-6-2)22(27)24(32)30(23)19(15-31)16(3)4/h5-10,16,19-23,31H,1-2,11-15H2,3-4H3/t19-,20+,21-,22-,23?,27?/m0/s1. The maximum Gasteiger partial charge on any atom is 0.311 e. The number of hydrogen-bond donors (Lipinski definition) is 1. The van der Waals surface area contributed by atoms with E-state index in [1.165, 1.54) is 6.08 Å². The first kappa shape index (κ1) is 26.8. The van der Waals surface area contributed by atoms with Crippen LogP contribution in [0.5, 0.6) is 0 Å². The summed E-state index contributed by atoms with van der Waals surface area (Å²) in [5.41, 5.74) is 0.640. The Balaban J connectivity index is 1.81. The summed E-state index contributed by atoms with van der Waals surface area (Å²) >= 11 is 7.66. The molecule has 0 aliphatic carbocycles. The molecular weight excluding hydrogens is 500 g/mol. The Hall–Kier alpha value is -2.29. The third-order valence-corrected chi connectivity index (χ3v) is 9.82. The molecule has 0 radical (unpaired) electrons. The Morgan fingerprint density at radius 2 is 2.00 bits per heavy atom. The molecule has 3 heterocycles. The number of carbonyl (C=O) groups excluding carboxylic acids is 3. The molecule has 9 heteroatoms. The number of fused-ring (bicyclic) bond motifs is 1. The summed E-state index contributed by atoms with van der Waals surface area (Å²) in [5, 5.41) is 10.8. The zero-order valence-electron chi connectivity index (χ0n) is 20.6. The number of benzene rings is 1. The monoisotopic (exact) mass is 532 g/mol. The molecule has 4 rings (SSSR count). The van der Waals surface area contributed by atoms with Gasteiger partial charge in [0.2, 0.25) is 5.91 Å². The van der Waals surface area contributed by atoms with Gasteiger partial charge in [0.1, 0.15) is 12.6 Å². The minimum absolute atomic E-state index is 0.0711. The fourth-order valence-electron chi connectivity index (χ4n) is 6.07. The highest BCUT2D eigenvalue weighted by Crippen LogP contribution is 2.67. The Bertz CT molecular complexity index is 1050. The van der Waals surface area contributed by atoms with Gasteiger partial charge in [-0.25, -0.2) is 0 Å². The van der Waals surface area contributed by atoms with E-state index in [1.807, 2.05) is 13.8 Å². The van der Waals surface area contributed by atoms with Crippen molar-refractivity contribution < 1.29 is 24.2 Å². The van der Waals surface area contributed by atoms with Gasteiger partial charge in [0.15, 0.2) is 0 Å². The zero-order chi connectivity index (χ0) is 26.2. The van der Waals surface area contributed by atoms with Crippen molar-refractivity contribution in [2.45, 2.75) is 48.8 Å². The molecule has 0 aromatic heterocycles. The predicted octanol–water partition coefficient (Wildman–Crippen LogP) is 3.70. The van der Waals surface area contributed by atoms with Gasteiger partial charge in [-0.15, -0.1) is 18.3 Å². The van der Waals surface area contributed by atoms with Crippen molar-refractivity contribution in [3.8, 4) is 0 Å². The fraction of sp³-hybridized carbons (Fsp3) is 0.519. The molecule has 3 fully saturated rings. The van der Waals surface area contributed by atoms with E-state index in [9.17, 15) is 19.5 Å². The van der Waals surface area contributed by atoms with Crippen LogP contribution in [-0.4, -0.2) is 69.6 Å². The molecule has 6 atom stereocenters. The second kappa shape index (κ2) is 10.6. The van der Waals surface area contributed by atoms with Crippen LogP contribution in [0.3, 0.4) is 0 Å². The second-order valence-corrected chi connectivity index (χ2v) is 12.0. The maximum atomic E-state index is 14.4. The average molecular weight is 533 g/mol. The number of nitrogens with zero attached hydrogens (tertiary/aromatic N) is 2. The summed E-state index contributed by atoms with van der Waals surface area (Å²) in [6.45, 7) is 11.3. The van der Waals surface area contributed by atoms with Gasteiger partial charge in [-0.3, -0.25) is 14.4 Å². The van der Waals surface area contributed by atoms with Gasteiger partial charge in [0.05, 0.1) is 29.2 Å². The van der Waals surface area contributed by atoms with Crippen LogP contribution in [0.1, 0.15) is 26.7 Å². The van der Waals surface area contributed by atoms with E-state index in [0.717, 1.165) is 0 Å². The average Bonchev–Trinajstić information content (AvgIpc) is 3.49. The highest BCUT2D eigenvalue weighted by molar-refractivity contribution is 8.02. The Kier molecular flexibility index (Phi) is 7.88. The number of ether oxygens (including phenoxy) is 1. The van der Waals surface area contributed by atoms with Crippen LogP contribution in [0, 0.1) is 17.8 Å². The van der Waals surface area contributed by atoms with Gasteiger partial charge < -0.3 is 19.6 Å². The molecule has 1 N–H and O–H groups in total. The van der Waals surface area contributed by atoms with E-state index >= 15 is 0 Å². The summed E-state index contributed by atoms with van der Waals surface area (Å²) in [4.78, 5) is 44.8. The molecule has 2 unspecified atom stereocenters. The van der Waals surface area contributed by atoms with Crippen molar-refractivity contribution in [1.29, 1.82) is 0 Å². The van der Waals surface area contributed by atoms with Crippen molar-refractivity contribution in [2.75, 3.05) is 24.7 Å². The number of esters is 1. The lowest BCUT2D eigenvalue weighted by molar-refractivity contribution is -0.153. The first-order valence-corrected chi connectivity index (χ1v) is 13.5. The lowest BCUT2D eigenvalue weighted by Crippen LogP contribution is -2.58. The van der Waals surface area contributed by atoms with Crippen LogP contribution in [-0.2, 0) is 19.1 Å². The van der Waals surface area contributed by atoms with Crippen LogP contribution in [0.2, 0.25) is 5.02 Å². The number of halogens is 1. The topological polar surface area (TPSA) is 87.1 Å². The number of hydrogen-bond acceptors (Lipinski definition) is 6. The van der Waals surface area contributed by atoms with Gasteiger partial charge in [-0.1, -0.05) is 44.2 Å². The van der Waals surface area contributed by atoms with Crippen LogP contribution in [0.15, 0.2) is 49.6 Å². The van der Waals surface area contributed by atoms with E-state index in [0.29, 0.717) is 23.6 Å². The molecule has 1 spiro atoms. The lowest BCUT2D eigenvalue weighted by Gasteiger charge is -2.40. The van der Waals surface area contributed by atoms with E-state index in [1.54, 1.807) is 51.9 Å². The van der Waals surface area contributed by atoms with Crippen molar-refractivity contribution in [3.05, 3.63) is 54.6 Å². The number of thioether (sulfide) groups is 1. The number of aliphatic hydroxyl groups is 1. The van der Waals surface area contributed by atoms with E-state index in [4.69, 9.17) is 16.3 Å². The summed E-state index contributed by atoms with van der Waals surface area (Å²) < 4.78 is 4.63. The minimum atomic E-state index is -0.836. The molecule has 1 aromatic rings. The largest absolute Gasteiger partial charge is 0.461 e. The molecule has 1 aromatic carbocycles. The maximum absolute atomic E-state index is 14.4. The molecular formula is C27H33ClN2O5S. The van der Waals surface area contributed by atoms with Crippen LogP contribution in [0.4, 0.5) is 5.69 Å². The predicted molar refractivity (Wildman–Crippen MR) is 142 cm³/mol. The molecule has 3 aliphatic heterocycles. The molecule has 0 saturated carbocycles. The van der Waals surface area contributed by atoms with E-state index < -0.39 is 34.6 Å². The van der Waals surface area contributed by atoms with Crippen molar-refractivity contribution >= 4 is 46.8 Å². The molecule has 7 nitrogen and oxygen atoms in total. The number of aliphatic hydroxyl groups excluding tert-OH is 1. The van der Waals surface area contributed by atoms with E-state index in [-0.39, 0.29) is 42.7 Å². The quantitative estimate of drug-likeness (QED) is 0.365. The molecule has 194 valence electrons. The normalized spacial score (nSPS) is 29.2. The lowest BCUT2D eigenvalue weighted by atomic mass is 9.71. The Labute approximate surface area is 221 Å².